The standard InChI is InChI=1S/C30H29FN4O7S/c1-2-26(36)34-21-13-24(43-17-21)15-32-29(39)25-14-30(40-11-12-41-30)18-35(25)27(37)16-33-28(38)19-3-7-22(8-4-19)42-23-9-5-20(31)6-10-23/h2-10,13,17,25H,1,11-12,14-16,18H2,(H,32,39)(H,33,38)(H,34,36)/t25-/m0/s1. The second-order valence-electron chi connectivity index (χ2n) is 9.83. The number of nitrogens with one attached hydrogen (secondary N) is 3. The Morgan fingerprint density at radius 1 is 1.05 bits per heavy atom. The molecule has 4 amide bonds. The number of rotatable bonds is 10. The molecule has 43 heavy (non-hydrogen) atoms. The van der Waals surface area contributed by atoms with E-state index >= 15 is 0 Å². The highest BCUT2D eigenvalue weighted by molar-refractivity contribution is 7.10. The number of benzene rings is 2. The van der Waals surface area contributed by atoms with Crippen molar-refractivity contribution in [2.75, 3.05) is 31.6 Å². The first-order valence-electron chi connectivity index (χ1n) is 13.4. The maximum absolute atomic E-state index is 13.3. The summed E-state index contributed by atoms with van der Waals surface area (Å²) in [6.07, 6.45) is 1.32. The van der Waals surface area contributed by atoms with Crippen molar-refractivity contribution in [2.45, 2.75) is 24.8 Å². The summed E-state index contributed by atoms with van der Waals surface area (Å²) in [6, 6.07) is 12.7. The van der Waals surface area contributed by atoms with Crippen LogP contribution in [-0.2, 0) is 30.4 Å². The van der Waals surface area contributed by atoms with E-state index in [-0.39, 0.29) is 37.8 Å². The number of carbonyl (C=O) groups is 4. The Hall–Kier alpha value is -4.59. The minimum Gasteiger partial charge on any atom is -0.457 e. The Labute approximate surface area is 250 Å². The van der Waals surface area contributed by atoms with Gasteiger partial charge in [0.1, 0.15) is 23.4 Å². The van der Waals surface area contributed by atoms with E-state index in [1.165, 1.54) is 46.6 Å². The second kappa shape index (κ2) is 13.2. The molecule has 13 heteroatoms. The molecule has 5 rings (SSSR count). The smallest absolute Gasteiger partial charge is 0.251 e. The number of nitrogens with zero attached hydrogens (tertiary/aromatic N) is 1. The van der Waals surface area contributed by atoms with Crippen LogP contribution in [0.4, 0.5) is 10.1 Å². The third kappa shape index (κ3) is 7.44. The molecule has 0 aliphatic carbocycles. The highest BCUT2D eigenvalue weighted by atomic mass is 32.1. The number of carbonyl (C=O) groups excluding carboxylic acids is 4. The zero-order valence-corrected chi connectivity index (χ0v) is 23.8. The van der Waals surface area contributed by atoms with Gasteiger partial charge in [-0.2, -0.15) is 0 Å². The lowest BCUT2D eigenvalue weighted by Crippen LogP contribution is -2.49. The average molecular weight is 609 g/mol. The molecule has 2 saturated heterocycles. The molecule has 0 radical (unpaired) electrons. The first-order valence-corrected chi connectivity index (χ1v) is 14.3. The van der Waals surface area contributed by atoms with E-state index in [4.69, 9.17) is 14.2 Å². The normalized spacial score (nSPS) is 17.0. The minimum absolute atomic E-state index is 0.0476. The molecule has 2 aliphatic rings. The van der Waals surface area contributed by atoms with Crippen LogP contribution in [0.1, 0.15) is 21.7 Å². The Kier molecular flexibility index (Phi) is 9.14. The number of halogens is 1. The van der Waals surface area contributed by atoms with Gasteiger partial charge in [-0.3, -0.25) is 19.2 Å². The monoisotopic (exact) mass is 608 g/mol. The topological polar surface area (TPSA) is 135 Å². The Morgan fingerprint density at radius 2 is 1.72 bits per heavy atom. The van der Waals surface area contributed by atoms with Gasteiger partial charge < -0.3 is 35.1 Å². The zero-order chi connectivity index (χ0) is 30.4. The molecule has 0 unspecified atom stereocenters. The first kappa shape index (κ1) is 29.9. The van der Waals surface area contributed by atoms with Gasteiger partial charge in [-0.25, -0.2) is 4.39 Å². The third-order valence-electron chi connectivity index (χ3n) is 6.84. The second-order valence-corrected chi connectivity index (χ2v) is 10.8. The van der Waals surface area contributed by atoms with E-state index < -0.39 is 29.6 Å². The van der Waals surface area contributed by atoms with Crippen LogP contribution in [0.2, 0.25) is 0 Å². The van der Waals surface area contributed by atoms with Gasteiger partial charge in [0.15, 0.2) is 5.79 Å². The highest BCUT2D eigenvalue weighted by Gasteiger charge is 2.52. The fourth-order valence-electron chi connectivity index (χ4n) is 4.74. The molecule has 1 atom stereocenters. The van der Waals surface area contributed by atoms with Crippen molar-refractivity contribution in [2.24, 2.45) is 0 Å². The lowest BCUT2D eigenvalue weighted by atomic mass is 10.1. The number of likely N-dealkylation sites (tertiary alicyclic amines) is 1. The maximum Gasteiger partial charge on any atom is 0.251 e. The van der Waals surface area contributed by atoms with E-state index in [0.29, 0.717) is 36.0 Å². The quantitative estimate of drug-likeness (QED) is 0.301. The molecular formula is C30H29FN4O7S. The van der Waals surface area contributed by atoms with Crippen LogP contribution in [0.5, 0.6) is 11.5 Å². The molecule has 1 aromatic heterocycles. The number of anilines is 1. The summed E-state index contributed by atoms with van der Waals surface area (Å²) in [7, 11) is 0. The largest absolute Gasteiger partial charge is 0.457 e. The number of ether oxygens (including phenoxy) is 3. The van der Waals surface area contributed by atoms with Gasteiger partial charge in [0.2, 0.25) is 17.7 Å². The van der Waals surface area contributed by atoms with Crippen LogP contribution < -0.4 is 20.7 Å². The molecule has 1 spiro atoms. The van der Waals surface area contributed by atoms with Crippen LogP contribution in [-0.4, -0.2) is 66.7 Å². The molecule has 224 valence electrons. The summed E-state index contributed by atoms with van der Waals surface area (Å²) >= 11 is 1.36. The summed E-state index contributed by atoms with van der Waals surface area (Å²) in [5.41, 5.74) is 0.891. The van der Waals surface area contributed by atoms with Gasteiger partial charge in [0, 0.05) is 22.2 Å². The van der Waals surface area contributed by atoms with Gasteiger partial charge in [-0.1, -0.05) is 6.58 Å². The molecule has 0 saturated carbocycles. The van der Waals surface area contributed by atoms with Crippen molar-refractivity contribution in [3.63, 3.8) is 0 Å². The number of amides is 4. The van der Waals surface area contributed by atoms with Crippen LogP contribution in [0.3, 0.4) is 0 Å². The molecular weight excluding hydrogens is 579 g/mol. The number of hydrogen-bond donors (Lipinski definition) is 3. The molecule has 3 N–H and O–H groups in total. The maximum atomic E-state index is 13.3. The van der Waals surface area contributed by atoms with E-state index in [1.807, 2.05) is 0 Å². The van der Waals surface area contributed by atoms with Crippen LogP contribution in [0.25, 0.3) is 0 Å². The predicted octanol–water partition coefficient (Wildman–Crippen LogP) is 3.19. The number of hydrogen-bond acceptors (Lipinski definition) is 8. The third-order valence-corrected chi connectivity index (χ3v) is 7.77. The average Bonchev–Trinajstić information content (AvgIpc) is 3.76. The minimum atomic E-state index is -1.08. The Balaban J connectivity index is 1.17. The van der Waals surface area contributed by atoms with E-state index in [0.717, 1.165) is 4.88 Å². The molecule has 2 aliphatic heterocycles. The molecule has 11 nitrogen and oxygen atoms in total. The Bertz CT molecular complexity index is 1500. The van der Waals surface area contributed by atoms with E-state index in [9.17, 15) is 23.6 Å². The molecule has 3 aromatic rings. The summed E-state index contributed by atoms with van der Waals surface area (Å²) in [6.45, 7) is 4.02. The van der Waals surface area contributed by atoms with E-state index in [2.05, 4.69) is 22.5 Å². The lowest BCUT2D eigenvalue weighted by molar-refractivity contribution is -0.152. The fourth-order valence-corrected chi connectivity index (χ4v) is 5.49. The SMILES string of the molecule is C=CC(=O)Nc1csc(CNC(=O)[C@@H]2CC3(CN2C(=O)CNC(=O)c2ccc(Oc4ccc(F)cc4)cc2)OCCO3)c1. The van der Waals surface area contributed by atoms with Crippen molar-refractivity contribution in [1.29, 1.82) is 0 Å². The highest BCUT2D eigenvalue weighted by Crippen LogP contribution is 2.35. The summed E-state index contributed by atoms with van der Waals surface area (Å²) in [5, 5.41) is 9.86. The predicted molar refractivity (Wildman–Crippen MR) is 155 cm³/mol. The van der Waals surface area contributed by atoms with Gasteiger partial charge in [-0.15, -0.1) is 11.3 Å². The van der Waals surface area contributed by atoms with E-state index in [1.54, 1.807) is 35.7 Å². The lowest BCUT2D eigenvalue weighted by Gasteiger charge is -2.24. The molecule has 0 bridgehead atoms. The fraction of sp³-hybridized carbons (Fsp3) is 0.267. The van der Waals surface area contributed by atoms with Crippen molar-refractivity contribution in [1.82, 2.24) is 15.5 Å². The van der Waals surface area contributed by atoms with Crippen molar-refractivity contribution < 1.29 is 37.8 Å². The van der Waals surface area contributed by atoms with Gasteiger partial charge in [-0.05, 0) is 60.7 Å². The van der Waals surface area contributed by atoms with Gasteiger partial charge in [0.25, 0.3) is 5.91 Å². The van der Waals surface area contributed by atoms with Crippen molar-refractivity contribution in [3.05, 3.63) is 88.9 Å². The van der Waals surface area contributed by atoms with Crippen molar-refractivity contribution in [3.8, 4) is 11.5 Å². The summed E-state index contributed by atoms with van der Waals surface area (Å²) in [4.78, 5) is 52.9. The molecule has 3 heterocycles. The van der Waals surface area contributed by atoms with Gasteiger partial charge in [0.05, 0.1) is 38.5 Å². The van der Waals surface area contributed by atoms with Crippen LogP contribution in [0, 0.1) is 5.82 Å². The summed E-state index contributed by atoms with van der Waals surface area (Å²) in [5.74, 6) is -2.24. The number of thiophene rings is 1. The molecule has 2 fully saturated rings. The molecule has 2 aromatic carbocycles. The van der Waals surface area contributed by atoms with Crippen molar-refractivity contribution >= 4 is 40.7 Å². The summed E-state index contributed by atoms with van der Waals surface area (Å²) < 4.78 is 30.3. The van der Waals surface area contributed by atoms with Crippen LogP contribution in [0.15, 0.2) is 72.6 Å². The Morgan fingerprint density at radius 3 is 2.40 bits per heavy atom. The van der Waals surface area contributed by atoms with Crippen LogP contribution >= 0.6 is 11.3 Å². The first-order chi connectivity index (χ1) is 20.7. The zero-order valence-electron chi connectivity index (χ0n) is 23.0. The van der Waals surface area contributed by atoms with Gasteiger partial charge >= 0.3 is 0 Å².